The van der Waals surface area contributed by atoms with E-state index in [0.29, 0.717) is 38.8 Å². The average molecular weight is 497 g/mol. The van der Waals surface area contributed by atoms with Gasteiger partial charge < -0.3 is 0 Å². The number of halogens is 3. The van der Waals surface area contributed by atoms with Gasteiger partial charge in [0, 0.05) is 27.4 Å². The molecule has 164 valence electrons. The number of hydrogen-bond acceptors (Lipinski definition) is 5. The van der Waals surface area contributed by atoms with Crippen LogP contribution in [-0.2, 0) is 6.54 Å². The normalized spacial score (nSPS) is 11.2. The Morgan fingerprint density at radius 2 is 1.70 bits per heavy atom. The molecule has 5 rings (SSSR count). The topological polar surface area (TPSA) is 74.3 Å². The zero-order valence-corrected chi connectivity index (χ0v) is 19.6. The van der Waals surface area contributed by atoms with Crippen molar-refractivity contribution in [1.29, 1.82) is 0 Å². The molecule has 3 heterocycles. The van der Waals surface area contributed by atoms with Crippen molar-refractivity contribution in [3.05, 3.63) is 93.2 Å². The van der Waals surface area contributed by atoms with E-state index in [2.05, 4.69) is 20.5 Å². The van der Waals surface area contributed by atoms with Crippen LogP contribution in [0.1, 0.15) is 11.3 Å². The summed E-state index contributed by atoms with van der Waals surface area (Å²) in [6.07, 6.45) is 1.74. The third-order valence-corrected chi connectivity index (χ3v) is 5.95. The van der Waals surface area contributed by atoms with Gasteiger partial charge in [0.1, 0.15) is 5.69 Å². The molecule has 7 nitrogen and oxygen atoms in total. The van der Waals surface area contributed by atoms with Crippen LogP contribution in [-0.4, -0.2) is 35.0 Å². The van der Waals surface area contributed by atoms with E-state index in [4.69, 9.17) is 39.9 Å². The minimum Gasteiger partial charge on any atom is -0.259 e. The monoisotopic (exact) mass is 495 g/mol. The molecular weight excluding hydrogens is 481 g/mol. The summed E-state index contributed by atoms with van der Waals surface area (Å²) in [7, 11) is 0. The predicted molar refractivity (Wildman–Crippen MR) is 129 cm³/mol. The summed E-state index contributed by atoms with van der Waals surface area (Å²) in [4.78, 5) is 4.37. The Kier molecular flexibility index (Phi) is 5.85. The molecular formula is C23H16Cl3N7. The predicted octanol–water partition coefficient (Wildman–Crippen LogP) is 5.90. The molecule has 0 aliphatic heterocycles. The molecule has 0 fully saturated rings. The number of nitrogens with zero attached hydrogens (tertiary/aromatic N) is 7. The lowest BCUT2D eigenvalue weighted by Crippen LogP contribution is -2.06. The zero-order valence-electron chi connectivity index (χ0n) is 17.3. The highest BCUT2D eigenvalue weighted by atomic mass is 35.5. The van der Waals surface area contributed by atoms with Crippen LogP contribution in [0.5, 0.6) is 0 Å². The van der Waals surface area contributed by atoms with E-state index in [9.17, 15) is 0 Å². The molecule has 0 aliphatic carbocycles. The Balaban J connectivity index is 1.69. The van der Waals surface area contributed by atoms with Crippen molar-refractivity contribution >= 4 is 34.8 Å². The molecule has 0 saturated carbocycles. The second-order valence-electron chi connectivity index (χ2n) is 7.32. The van der Waals surface area contributed by atoms with Gasteiger partial charge >= 0.3 is 0 Å². The van der Waals surface area contributed by atoms with Crippen LogP contribution in [0.4, 0.5) is 0 Å². The minimum atomic E-state index is 0.410. The molecule has 5 aromatic rings. The van der Waals surface area contributed by atoms with Gasteiger partial charge in [-0.1, -0.05) is 53.0 Å². The number of rotatable bonds is 5. The summed E-state index contributed by atoms with van der Waals surface area (Å²) in [6.45, 7) is 2.39. The van der Waals surface area contributed by atoms with Crippen molar-refractivity contribution in [2.24, 2.45) is 0 Å². The van der Waals surface area contributed by atoms with Crippen molar-refractivity contribution in [3.8, 4) is 28.5 Å². The number of pyridine rings is 1. The quantitative estimate of drug-likeness (QED) is 0.303. The highest BCUT2D eigenvalue weighted by molar-refractivity contribution is 6.35. The second kappa shape index (κ2) is 8.94. The fourth-order valence-electron chi connectivity index (χ4n) is 3.61. The van der Waals surface area contributed by atoms with Crippen LogP contribution in [0.2, 0.25) is 15.1 Å². The molecule has 0 radical (unpaired) electrons. The van der Waals surface area contributed by atoms with Crippen LogP contribution >= 0.6 is 34.8 Å². The first kappa shape index (κ1) is 21.6. The Hall–Kier alpha value is -3.26. The van der Waals surface area contributed by atoms with E-state index >= 15 is 0 Å². The summed E-state index contributed by atoms with van der Waals surface area (Å²) < 4.78 is 3.46. The number of tetrazole rings is 1. The molecule has 0 atom stereocenters. The van der Waals surface area contributed by atoms with Crippen LogP contribution < -0.4 is 0 Å². The standard InChI is InChI=1S/C23H16Cl3N7/c1-14-21(23-28-30-31-32(23)13-18-4-2-3-11-27-18)29-33(20-10-9-17(25)12-19(20)26)22(14)15-5-7-16(24)8-6-15/h2-12H,13H2,1H3. The molecule has 0 amide bonds. The van der Waals surface area contributed by atoms with Crippen molar-refractivity contribution in [3.63, 3.8) is 0 Å². The Bertz CT molecular complexity index is 1430. The molecule has 0 bridgehead atoms. The average Bonchev–Trinajstić information content (AvgIpc) is 3.39. The summed E-state index contributed by atoms with van der Waals surface area (Å²) in [6, 6.07) is 18.5. The molecule has 0 spiro atoms. The van der Waals surface area contributed by atoms with Gasteiger partial charge in [0.2, 0.25) is 5.82 Å². The zero-order chi connectivity index (χ0) is 22.9. The number of benzene rings is 2. The van der Waals surface area contributed by atoms with E-state index in [1.54, 1.807) is 27.7 Å². The lowest BCUT2D eigenvalue weighted by molar-refractivity contribution is 0.641. The fraction of sp³-hybridized carbons (Fsp3) is 0.0870. The fourth-order valence-corrected chi connectivity index (χ4v) is 4.22. The van der Waals surface area contributed by atoms with Crippen molar-refractivity contribution in [2.45, 2.75) is 13.5 Å². The maximum atomic E-state index is 6.55. The van der Waals surface area contributed by atoms with Gasteiger partial charge in [-0.2, -0.15) is 5.10 Å². The smallest absolute Gasteiger partial charge is 0.203 e. The van der Waals surface area contributed by atoms with Crippen LogP contribution in [0.3, 0.4) is 0 Å². The van der Waals surface area contributed by atoms with Crippen LogP contribution in [0.25, 0.3) is 28.5 Å². The Morgan fingerprint density at radius 3 is 2.42 bits per heavy atom. The first-order valence-corrected chi connectivity index (χ1v) is 11.1. The van der Waals surface area contributed by atoms with Crippen LogP contribution in [0.15, 0.2) is 66.9 Å². The second-order valence-corrected chi connectivity index (χ2v) is 8.60. The van der Waals surface area contributed by atoms with Crippen molar-refractivity contribution in [2.75, 3.05) is 0 Å². The number of hydrogen-bond donors (Lipinski definition) is 0. The van der Waals surface area contributed by atoms with Crippen LogP contribution in [0, 0.1) is 6.92 Å². The molecule has 3 aromatic heterocycles. The van der Waals surface area contributed by atoms with Gasteiger partial charge in [0.25, 0.3) is 0 Å². The van der Waals surface area contributed by atoms with Crippen molar-refractivity contribution in [1.82, 2.24) is 35.0 Å². The summed E-state index contributed by atoms with van der Waals surface area (Å²) in [5.41, 5.74) is 4.81. The van der Waals surface area contributed by atoms with E-state index in [1.165, 1.54) is 0 Å². The lowest BCUT2D eigenvalue weighted by Gasteiger charge is -2.11. The van der Waals surface area contributed by atoms with E-state index in [1.807, 2.05) is 55.5 Å². The van der Waals surface area contributed by atoms with Gasteiger partial charge in [0.05, 0.1) is 28.6 Å². The Morgan fingerprint density at radius 1 is 0.909 bits per heavy atom. The van der Waals surface area contributed by atoms with E-state index in [0.717, 1.165) is 22.5 Å². The highest BCUT2D eigenvalue weighted by Crippen LogP contribution is 2.35. The Labute approximate surface area is 204 Å². The van der Waals surface area contributed by atoms with E-state index in [-0.39, 0.29) is 0 Å². The highest BCUT2D eigenvalue weighted by Gasteiger charge is 2.24. The molecule has 33 heavy (non-hydrogen) atoms. The first-order valence-electron chi connectivity index (χ1n) is 9.98. The molecule has 10 heteroatoms. The van der Waals surface area contributed by atoms with Gasteiger partial charge in [-0.15, -0.1) is 5.10 Å². The van der Waals surface area contributed by atoms with Gasteiger partial charge in [-0.05, 0) is 59.8 Å². The summed E-state index contributed by atoms with van der Waals surface area (Å²) in [5.74, 6) is 0.525. The third-order valence-electron chi connectivity index (χ3n) is 5.16. The molecule has 0 N–H and O–H groups in total. The van der Waals surface area contributed by atoms with Crippen molar-refractivity contribution < 1.29 is 0 Å². The van der Waals surface area contributed by atoms with Gasteiger partial charge in [-0.3, -0.25) is 4.98 Å². The minimum absolute atomic E-state index is 0.410. The largest absolute Gasteiger partial charge is 0.259 e. The molecule has 0 unspecified atom stereocenters. The third kappa shape index (κ3) is 4.23. The number of aromatic nitrogens is 7. The van der Waals surface area contributed by atoms with Gasteiger partial charge in [0.15, 0.2) is 0 Å². The molecule has 0 aliphatic rings. The lowest BCUT2D eigenvalue weighted by atomic mass is 10.1. The van der Waals surface area contributed by atoms with Gasteiger partial charge in [-0.25, -0.2) is 9.36 Å². The van der Waals surface area contributed by atoms with E-state index < -0.39 is 0 Å². The SMILES string of the molecule is Cc1c(-c2nnnn2Cc2ccccn2)nn(-c2ccc(Cl)cc2Cl)c1-c1ccc(Cl)cc1. The summed E-state index contributed by atoms with van der Waals surface area (Å²) >= 11 is 18.8. The summed E-state index contributed by atoms with van der Waals surface area (Å²) in [5, 5.41) is 18.8. The molecule has 0 saturated heterocycles. The first-order chi connectivity index (χ1) is 16.0. The maximum Gasteiger partial charge on any atom is 0.203 e. The molecule has 2 aromatic carbocycles. The maximum absolute atomic E-state index is 6.55.